The zero-order valence-corrected chi connectivity index (χ0v) is 5.73. The van der Waals surface area contributed by atoms with Gasteiger partial charge in [-0.2, -0.15) is 13.2 Å². The van der Waals surface area contributed by atoms with Gasteiger partial charge in [0, 0.05) is 11.6 Å². The molecule has 0 spiro atoms. The predicted octanol–water partition coefficient (Wildman–Crippen LogP) is 1.76. The van der Waals surface area contributed by atoms with Gasteiger partial charge in [0.2, 0.25) is 0 Å². The van der Waals surface area contributed by atoms with Crippen LogP contribution in [0.5, 0.6) is 0 Å². The van der Waals surface area contributed by atoms with Crippen LogP contribution in [0, 0.1) is 0 Å². The molecule has 4 heteroatoms. The zero-order valence-electron chi connectivity index (χ0n) is 5.73. The van der Waals surface area contributed by atoms with Crippen LogP contribution in [0.1, 0.15) is 6.42 Å². The van der Waals surface area contributed by atoms with Crippen molar-refractivity contribution in [3.05, 3.63) is 23.8 Å². The van der Waals surface area contributed by atoms with E-state index in [0.29, 0.717) is 0 Å². The molecule has 0 bridgehead atoms. The van der Waals surface area contributed by atoms with Gasteiger partial charge in [-0.1, -0.05) is 18.2 Å². The van der Waals surface area contributed by atoms with Gasteiger partial charge < -0.3 is 5.73 Å². The summed E-state index contributed by atoms with van der Waals surface area (Å²) >= 11 is 0. The van der Waals surface area contributed by atoms with Gasteiger partial charge in [0.1, 0.15) is 0 Å². The summed E-state index contributed by atoms with van der Waals surface area (Å²) in [7, 11) is 0. The van der Waals surface area contributed by atoms with Gasteiger partial charge in [0.05, 0.1) is 0 Å². The lowest BCUT2D eigenvalue weighted by atomic mass is 10.0. The van der Waals surface area contributed by atoms with Crippen LogP contribution in [-0.2, 0) is 0 Å². The summed E-state index contributed by atoms with van der Waals surface area (Å²) in [6, 6.07) is -0.489. The van der Waals surface area contributed by atoms with E-state index in [1.54, 1.807) is 6.08 Å². The summed E-state index contributed by atoms with van der Waals surface area (Å²) in [5, 5.41) is 0. The highest BCUT2D eigenvalue weighted by molar-refractivity contribution is 5.24. The van der Waals surface area contributed by atoms with E-state index in [1.165, 1.54) is 6.08 Å². The Morgan fingerprint density at radius 2 is 2.09 bits per heavy atom. The minimum atomic E-state index is -4.22. The maximum atomic E-state index is 12.0. The monoisotopic (exact) mass is 163 g/mol. The average molecular weight is 163 g/mol. The molecule has 0 fully saturated rings. The van der Waals surface area contributed by atoms with Crippen molar-refractivity contribution in [3.63, 3.8) is 0 Å². The molecule has 0 amide bonds. The van der Waals surface area contributed by atoms with E-state index in [9.17, 15) is 13.2 Å². The summed E-state index contributed by atoms with van der Waals surface area (Å²) < 4.78 is 35.9. The number of alkyl halides is 3. The number of nitrogens with two attached hydrogens (primary N) is 1. The maximum absolute atomic E-state index is 12.0. The number of halogens is 3. The van der Waals surface area contributed by atoms with E-state index in [4.69, 9.17) is 5.73 Å². The molecule has 1 atom stereocenters. The smallest absolute Gasteiger partial charge is 0.324 e. The molecular formula is C7H8F3N. The standard InChI is InChI=1S/C7H8F3N/c8-7(9,10)5-2-1-3-6(11)4-5/h1-3,6H,4,11H2. The summed E-state index contributed by atoms with van der Waals surface area (Å²) in [5.74, 6) is 0. The lowest BCUT2D eigenvalue weighted by molar-refractivity contribution is -0.0943. The van der Waals surface area contributed by atoms with E-state index in [2.05, 4.69) is 0 Å². The molecule has 11 heavy (non-hydrogen) atoms. The molecule has 1 unspecified atom stereocenters. The topological polar surface area (TPSA) is 26.0 Å². The summed E-state index contributed by atoms with van der Waals surface area (Å²) in [6.45, 7) is 0. The van der Waals surface area contributed by atoms with Crippen LogP contribution >= 0.6 is 0 Å². The predicted molar refractivity (Wildman–Crippen MR) is 35.9 cm³/mol. The van der Waals surface area contributed by atoms with Gasteiger partial charge in [-0.25, -0.2) is 0 Å². The quantitative estimate of drug-likeness (QED) is 0.578. The summed E-state index contributed by atoms with van der Waals surface area (Å²) in [4.78, 5) is 0. The molecule has 1 nitrogen and oxygen atoms in total. The van der Waals surface area contributed by atoms with Crippen molar-refractivity contribution in [3.8, 4) is 0 Å². The minimum absolute atomic E-state index is 0.111. The van der Waals surface area contributed by atoms with Crippen molar-refractivity contribution in [1.29, 1.82) is 0 Å². The molecule has 62 valence electrons. The first-order valence-electron chi connectivity index (χ1n) is 3.20. The first-order valence-corrected chi connectivity index (χ1v) is 3.20. The van der Waals surface area contributed by atoms with E-state index >= 15 is 0 Å². The highest BCUT2D eigenvalue weighted by atomic mass is 19.4. The molecule has 1 rings (SSSR count). The molecule has 1 aliphatic rings. The van der Waals surface area contributed by atoms with Gasteiger partial charge >= 0.3 is 6.18 Å². The van der Waals surface area contributed by atoms with Gasteiger partial charge in [-0.3, -0.25) is 0 Å². The second-order valence-electron chi connectivity index (χ2n) is 2.44. The maximum Gasteiger partial charge on any atom is 0.412 e. The highest BCUT2D eigenvalue weighted by Crippen LogP contribution is 2.30. The van der Waals surface area contributed by atoms with E-state index in [-0.39, 0.29) is 6.42 Å². The molecule has 2 N–H and O–H groups in total. The molecular weight excluding hydrogens is 155 g/mol. The third-order valence-electron chi connectivity index (χ3n) is 1.48. The van der Waals surface area contributed by atoms with Crippen LogP contribution < -0.4 is 5.73 Å². The van der Waals surface area contributed by atoms with Gasteiger partial charge in [0.25, 0.3) is 0 Å². The lowest BCUT2D eigenvalue weighted by Gasteiger charge is -2.16. The Hall–Kier alpha value is -0.770. The van der Waals surface area contributed by atoms with Gasteiger partial charge in [-0.05, 0) is 6.42 Å². The molecule has 1 aliphatic carbocycles. The molecule has 0 heterocycles. The first kappa shape index (κ1) is 8.33. The largest absolute Gasteiger partial charge is 0.412 e. The molecule has 0 aromatic carbocycles. The summed E-state index contributed by atoms with van der Waals surface area (Å²) in [6.07, 6.45) is -0.377. The molecule has 0 saturated heterocycles. The first-order chi connectivity index (χ1) is 5.00. The normalized spacial score (nSPS) is 25.1. The van der Waals surface area contributed by atoms with Gasteiger partial charge in [-0.15, -0.1) is 0 Å². The third kappa shape index (κ3) is 2.08. The highest BCUT2D eigenvalue weighted by Gasteiger charge is 2.34. The fourth-order valence-electron chi connectivity index (χ4n) is 0.915. The van der Waals surface area contributed by atoms with Crippen molar-refractivity contribution >= 4 is 0 Å². The van der Waals surface area contributed by atoms with Crippen LogP contribution in [0.25, 0.3) is 0 Å². The second-order valence-corrected chi connectivity index (χ2v) is 2.44. The molecule has 0 radical (unpaired) electrons. The van der Waals surface area contributed by atoms with E-state index in [1.807, 2.05) is 0 Å². The fraction of sp³-hybridized carbons (Fsp3) is 0.429. The Kier molecular flexibility index (Phi) is 2.04. The SMILES string of the molecule is NC1C=CC=C(C(F)(F)F)C1. The van der Waals surface area contributed by atoms with E-state index < -0.39 is 17.8 Å². The van der Waals surface area contributed by atoms with Crippen LogP contribution in [-0.4, -0.2) is 12.2 Å². The summed E-state index contributed by atoms with van der Waals surface area (Å²) in [5.41, 5.74) is 4.75. The number of hydrogen-bond donors (Lipinski definition) is 1. The fourth-order valence-corrected chi connectivity index (χ4v) is 0.915. The molecule has 0 aliphatic heterocycles. The molecule has 0 aromatic rings. The van der Waals surface area contributed by atoms with Crippen molar-refractivity contribution in [1.82, 2.24) is 0 Å². The third-order valence-corrected chi connectivity index (χ3v) is 1.48. The van der Waals surface area contributed by atoms with Crippen LogP contribution in [0.3, 0.4) is 0 Å². The number of rotatable bonds is 0. The molecule has 0 saturated carbocycles. The van der Waals surface area contributed by atoms with E-state index in [0.717, 1.165) is 6.08 Å². The van der Waals surface area contributed by atoms with Crippen molar-refractivity contribution in [2.45, 2.75) is 18.6 Å². The van der Waals surface area contributed by atoms with Crippen molar-refractivity contribution in [2.24, 2.45) is 5.73 Å². The Morgan fingerprint density at radius 1 is 1.45 bits per heavy atom. The Morgan fingerprint density at radius 3 is 2.45 bits per heavy atom. The number of hydrogen-bond acceptors (Lipinski definition) is 1. The van der Waals surface area contributed by atoms with Gasteiger partial charge in [0.15, 0.2) is 0 Å². The average Bonchev–Trinajstić information content (AvgIpc) is 1.86. The molecule has 0 aromatic heterocycles. The lowest BCUT2D eigenvalue weighted by Crippen LogP contribution is -2.25. The van der Waals surface area contributed by atoms with Crippen LogP contribution in [0.15, 0.2) is 23.8 Å². The van der Waals surface area contributed by atoms with Crippen molar-refractivity contribution in [2.75, 3.05) is 0 Å². The zero-order chi connectivity index (χ0) is 8.48. The Bertz CT molecular complexity index is 202. The second kappa shape index (κ2) is 2.70. The Balaban J connectivity index is 2.75. The Labute approximate surface area is 62.4 Å². The van der Waals surface area contributed by atoms with Crippen LogP contribution in [0.4, 0.5) is 13.2 Å². The van der Waals surface area contributed by atoms with Crippen molar-refractivity contribution < 1.29 is 13.2 Å². The van der Waals surface area contributed by atoms with Crippen LogP contribution in [0.2, 0.25) is 0 Å². The minimum Gasteiger partial charge on any atom is -0.324 e. The number of allylic oxidation sites excluding steroid dienone is 2.